The Kier molecular flexibility index (Phi) is 6.27. The molecule has 1 aliphatic heterocycles. The van der Waals surface area contributed by atoms with Gasteiger partial charge in [-0.15, -0.1) is 0 Å². The van der Waals surface area contributed by atoms with E-state index in [0.717, 1.165) is 54.1 Å². The van der Waals surface area contributed by atoms with Crippen LogP contribution >= 0.6 is 15.9 Å². The zero-order valence-electron chi connectivity index (χ0n) is 15.3. The highest BCUT2D eigenvalue weighted by Gasteiger charge is 2.20. The number of piperazine rings is 1. The Morgan fingerprint density at radius 3 is 2.62 bits per heavy atom. The van der Waals surface area contributed by atoms with Crippen LogP contribution in [0.1, 0.15) is 18.1 Å². The number of anilines is 2. The number of para-hydroxylation sites is 1. The number of hydrogen-bond acceptors (Lipinski definition) is 4. The second kappa shape index (κ2) is 8.64. The largest absolute Gasteiger partial charge is 0.354 e. The minimum Gasteiger partial charge on any atom is -0.354 e. The van der Waals surface area contributed by atoms with Gasteiger partial charge in [0, 0.05) is 42.5 Å². The molecule has 0 aliphatic carbocycles. The van der Waals surface area contributed by atoms with Gasteiger partial charge in [0.25, 0.3) is 0 Å². The first-order chi connectivity index (χ1) is 12.6. The fourth-order valence-electron chi connectivity index (χ4n) is 3.27. The van der Waals surface area contributed by atoms with Crippen LogP contribution in [0.2, 0.25) is 0 Å². The predicted molar refractivity (Wildman–Crippen MR) is 110 cm³/mol. The zero-order valence-corrected chi connectivity index (χ0v) is 16.9. The van der Waals surface area contributed by atoms with E-state index >= 15 is 0 Å². The van der Waals surface area contributed by atoms with Gasteiger partial charge < -0.3 is 10.2 Å². The number of aryl methyl sites for hydroxylation is 2. The summed E-state index contributed by atoms with van der Waals surface area (Å²) >= 11 is 3.41. The van der Waals surface area contributed by atoms with Crippen molar-refractivity contribution in [1.29, 1.82) is 0 Å². The Hall–Kier alpha value is -1.92. The molecule has 0 spiro atoms. The molecule has 1 amide bonds. The normalized spacial score (nSPS) is 15.1. The molecule has 26 heavy (non-hydrogen) atoms. The SMILES string of the molecule is CCc1cccc(C)c1NC(=O)CN1CCN(c2ccc(Br)cn2)CC1. The van der Waals surface area contributed by atoms with Gasteiger partial charge in [-0.25, -0.2) is 4.98 Å². The number of carbonyl (C=O) groups is 1. The Morgan fingerprint density at radius 1 is 1.19 bits per heavy atom. The Bertz CT molecular complexity index is 755. The summed E-state index contributed by atoms with van der Waals surface area (Å²) in [7, 11) is 0. The van der Waals surface area contributed by atoms with Crippen LogP contribution in [0.3, 0.4) is 0 Å². The van der Waals surface area contributed by atoms with E-state index in [2.05, 4.69) is 49.0 Å². The van der Waals surface area contributed by atoms with Gasteiger partial charge in [0.2, 0.25) is 5.91 Å². The number of rotatable bonds is 5. The molecule has 0 unspecified atom stereocenters. The average molecular weight is 417 g/mol. The molecular weight excluding hydrogens is 392 g/mol. The number of carbonyl (C=O) groups excluding carboxylic acids is 1. The van der Waals surface area contributed by atoms with Crippen molar-refractivity contribution in [3.8, 4) is 0 Å². The van der Waals surface area contributed by atoms with E-state index in [-0.39, 0.29) is 5.91 Å². The summed E-state index contributed by atoms with van der Waals surface area (Å²) in [6.45, 7) is 8.07. The van der Waals surface area contributed by atoms with Gasteiger partial charge in [0.15, 0.2) is 0 Å². The first-order valence-electron chi connectivity index (χ1n) is 9.04. The molecule has 0 saturated carbocycles. The summed E-state index contributed by atoms with van der Waals surface area (Å²) in [5.41, 5.74) is 3.27. The number of halogens is 1. The van der Waals surface area contributed by atoms with E-state index in [4.69, 9.17) is 0 Å². The van der Waals surface area contributed by atoms with Crippen LogP contribution in [0.15, 0.2) is 41.0 Å². The van der Waals surface area contributed by atoms with Crippen LogP contribution in [0, 0.1) is 6.92 Å². The molecule has 0 bridgehead atoms. The minimum atomic E-state index is 0.0595. The molecule has 6 heteroatoms. The molecule has 0 radical (unpaired) electrons. The highest BCUT2D eigenvalue weighted by Crippen LogP contribution is 2.21. The van der Waals surface area contributed by atoms with Gasteiger partial charge in [-0.05, 0) is 52.5 Å². The summed E-state index contributed by atoms with van der Waals surface area (Å²) < 4.78 is 0.985. The van der Waals surface area contributed by atoms with Gasteiger partial charge in [-0.2, -0.15) is 0 Å². The van der Waals surface area contributed by atoms with E-state index in [1.165, 1.54) is 5.56 Å². The van der Waals surface area contributed by atoms with E-state index in [0.29, 0.717) is 6.54 Å². The summed E-state index contributed by atoms with van der Waals surface area (Å²) in [5.74, 6) is 1.05. The Balaban J connectivity index is 1.53. The van der Waals surface area contributed by atoms with Gasteiger partial charge >= 0.3 is 0 Å². The predicted octanol–water partition coefficient (Wildman–Crippen LogP) is 3.48. The second-order valence-electron chi connectivity index (χ2n) is 6.61. The van der Waals surface area contributed by atoms with Gasteiger partial charge in [0.05, 0.1) is 6.54 Å². The molecule has 2 heterocycles. The van der Waals surface area contributed by atoms with E-state index in [1.807, 2.05) is 37.4 Å². The monoisotopic (exact) mass is 416 g/mol. The molecule has 1 aromatic carbocycles. The van der Waals surface area contributed by atoms with Gasteiger partial charge in [0.1, 0.15) is 5.82 Å². The number of aromatic nitrogens is 1. The summed E-state index contributed by atoms with van der Waals surface area (Å²) in [6.07, 6.45) is 2.73. The van der Waals surface area contributed by atoms with Crippen molar-refractivity contribution in [2.45, 2.75) is 20.3 Å². The standard InChI is InChI=1S/C20H25BrN4O/c1-3-16-6-4-5-15(2)20(16)23-19(26)14-24-9-11-25(12-10-24)18-8-7-17(21)13-22-18/h4-8,13H,3,9-12,14H2,1-2H3,(H,23,26). The smallest absolute Gasteiger partial charge is 0.238 e. The van der Waals surface area contributed by atoms with Crippen LogP contribution in [0.4, 0.5) is 11.5 Å². The van der Waals surface area contributed by atoms with E-state index < -0.39 is 0 Å². The maximum absolute atomic E-state index is 12.5. The first-order valence-corrected chi connectivity index (χ1v) is 9.83. The second-order valence-corrected chi connectivity index (χ2v) is 7.52. The summed E-state index contributed by atoms with van der Waals surface area (Å²) in [4.78, 5) is 21.4. The zero-order chi connectivity index (χ0) is 18.5. The van der Waals surface area contributed by atoms with Gasteiger partial charge in [-0.1, -0.05) is 25.1 Å². The van der Waals surface area contributed by atoms with Crippen LogP contribution in [0.25, 0.3) is 0 Å². The fraction of sp³-hybridized carbons (Fsp3) is 0.400. The fourth-order valence-corrected chi connectivity index (χ4v) is 3.51. The molecule has 3 rings (SSSR count). The maximum atomic E-state index is 12.5. The summed E-state index contributed by atoms with van der Waals surface area (Å²) in [6, 6.07) is 10.2. The molecule has 1 N–H and O–H groups in total. The third-order valence-corrected chi connectivity index (χ3v) is 5.25. The molecule has 0 atom stereocenters. The van der Waals surface area contributed by atoms with Crippen LogP contribution in [-0.2, 0) is 11.2 Å². The lowest BCUT2D eigenvalue weighted by molar-refractivity contribution is -0.117. The molecule has 1 aromatic heterocycles. The van der Waals surface area contributed by atoms with Crippen LogP contribution in [-0.4, -0.2) is 48.5 Å². The molecular formula is C20H25BrN4O. The first kappa shape index (κ1) is 18.9. The molecule has 1 saturated heterocycles. The number of nitrogens with zero attached hydrogens (tertiary/aromatic N) is 3. The molecule has 5 nitrogen and oxygen atoms in total. The maximum Gasteiger partial charge on any atom is 0.238 e. The number of pyridine rings is 1. The third kappa shape index (κ3) is 4.62. The van der Waals surface area contributed by atoms with Crippen LogP contribution < -0.4 is 10.2 Å². The lowest BCUT2D eigenvalue weighted by Crippen LogP contribution is -2.49. The van der Waals surface area contributed by atoms with Crippen molar-refractivity contribution in [2.75, 3.05) is 42.9 Å². The minimum absolute atomic E-state index is 0.0595. The number of amides is 1. The lowest BCUT2D eigenvalue weighted by Gasteiger charge is -2.35. The van der Waals surface area contributed by atoms with E-state index in [9.17, 15) is 4.79 Å². The molecule has 2 aromatic rings. The third-order valence-electron chi connectivity index (χ3n) is 4.78. The van der Waals surface area contributed by atoms with Gasteiger partial charge in [-0.3, -0.25) is 9.69 Å². The quantitative estimate of drug-likeness (QED) is 0.810. The highest BCUT2D eigenvalue weighted by atomic mass is 79.9. The Labute approximate surface area is 163 Å². The van der Waals surface area contributed by atoms with Crippen LogP contribution in [0.5, 0.6) is 0 Å². The highest BCUT2D eigenvalue weighted by molar-refractivity contribution is 9.10. The average Bonchev–Trinajstić information content (AvgIpc) is 2.65. The van der Waals surface area contributed by atoms with Crippen molar-refractivity contribution < 1.29 is 4.79 Å². The summed E-state index contributed by atoms with van der Waals surface area (Å²) in [5, 5.41) is 3.11. The van der Waals surface area contributed by atoms with Crippen molar-refractivity contribution in [3.05, 3.63) is 52.1 Å². The van der Waals surface area contributed by atoms with Crippen molar-refractivity contribution in [2.24, 2.45) is 0 Å². The number of nitrogens with one attached hydrogen (secondary N) is 1. The van der Waals surface area contributed by atoms with Crippen molar-refractivity contribution >= 4 is 33.3 Å². The van der Waals surface area contributed by atoms with Crippen molar-refractivity contribution in [1.82, 2.24) is 9.88 Å². The molecule has 138 valence electrons. The molecule has 1 aliphatic rings. The number of benzene rings is 1. The molecule has 1 fully saturated rings. The number of hydrogen-bond donors (Lipinski definition) is 1. The topological polar surface area (TPSA) is 48.5 Å². The van der Waals surface area contributed by atoms with E-state index in [1.54, 1.807) is 0 Å². The lowest BCUT2D eigenvalue weighted by atomic mass is 10.1. The Morgan fingerprint density at radius 2 is 1.96 bits per heavy atom. The van der Waals surface area contributed by atoms with Crippen molar-refractivity contribution in [3.63, 3.8) is 0 Å².